The van der Waals surface area contributed by atoms with Gasteiger partial charge in [0.2, 0.25) is 0 Å². The fraction of sp³-hybridized carbons (Fsp3) is 0.385. The van der Waals surface area contributed by atoms with Crippen LogP contribution in [0.15, 0.2) is 30.6 Å². The highest BCUT2D eigenvalue weighted by Crippen LogP contribution is 2.26. The Balaban J connectivity index is 2.25. The average Bonchev–Trinajstić information content (AvgIpc) is 2.78. The first kappa shape index (κ1) is 12.6. The predicted molar refractivity (Wildman–Crippen MR) is 69.5 cm³/mol. The smallest absolute Gasteiger partial charge is 0.161 e. The topological polar surface area (TPSA) is 52.0 Å². The van der Waals surface area contributed by atoms with Crippen molar-refractivity contribution in [1.82, 2.24) is 20.1 Å². The van der Waals surface area contributed by atoms with Crippen molar-refractivity contribution in [2.75, 3.05) is 14.2 Å². The van der Waals surface area contributed by atoms with Crippen molar-refractivity contribution in [2.24, 2.45) is 7.05 Å². The molecule has 5 heteroatoms. The maximum absolute atomic E-state index is 5.34. The van der Waals surface area contributed by atoms with Crippen LogP contribution in [0, 0.1) is 0 Å². The summed E-state index contributed by atoms with van der Waals surface area (Å²) in [5, 5.41) is 7.52. The van der Waals surface area contributed by atoms with Gasteiger partial charge in [-0.15, -0.1) is 0 Å². The molecular formula is C13H18N4O. The van der Waals surface area contributed by atoms with Crippen molar-refractivity contribution >= 4 is 0 Å². The summed E-state index contributed by atoms with van der Waals surface area (Å²) in [6, 6.07) is 6.06. The van der Waals surface area contributed by atoms with Crippen LogP contribution in [0.5, 0.6) is 5.75 Å². The minimum atomic E-state index is 0.127. The summed E-state index contributed by atoms with van der Waals surface area (Å²) in [7, 11) is 5.51. The lowest BCUT2D eigenvalue weighted by Crippen LogP contribution is -2.22. The fourth-order valence-electron chi connectivity index (χ4n) is 2.04. The zero-order valence-electron chi connectivity index (χ0n) is 10.9. The van der Waals surface area contributed by atoms with E-state index in [1.165, 1.54) is 0 Å². The van der Waals surface area contributed by atoms with E-state index in [9.17, 15) is 0 Å². The summed E-state index contributed by atoms with van der Waals surface area (Å²) < 4.78 is 7.18. The Kier molecular flexibility index (Phi) is 3.94. The molecule has 1 unspecified atom stereocenters. The highest BCUT2D eigenvalue weighted by molar-refractivity contribution is 5.29. The molecular weight excluding hydrogens is 228 g/mol. The van der Waals surface area contributed by atoms with Gasteiger partial charge in [-0.1, -0.05) is 6.07 Å². The Morgan fingerprint density at radius 2 is 2.28 bits per heavy atom. The van der Waals surface area contributed by atoms with Gasteiger partial charge < -0.3 is 10.1 Å². The van der Waals surface area contributed by atoms with Crippen LogP contribution in [0.2, 0.25) is 0 Å². The lowest BCUT2D eigenvalue weighted by Gasteiger charge is -2.17. The molecule has 0 amide bonds. The SMILES string of the molecule is CNC(Cc1ccccn1)c1c(OC)cnn1C. The summed E-state index contributed by atoms with van der Waals surface area (Å²) in [5.74, 6) is 0.799. The number of aromatic nitrogens is 3. The van der Waals surface area contributed by atoms with Crippen molar-refractivity contribution in [2.45, 2.75) is 12.5 Å². The molecule has 0 aromatic carbocycles. The van der Waals surface area contributed by atoms with E-state index in [0.29, 0.717) is 0 Å². The van der Waals surface area contributed by atoms with E-state index in [1.54, 1.807) is 13.3 Å². The van der Waals surface area contributed by atoms with Gasteiger partial charge in [0, 0.05) is 25.4 Å². The number of nitrogens with zero attached hydrogens (tertiary/aromatic N) is 3. The third kappa shape index (κ3) is 2.51. The van der Waals surface area contributed by atoms with Gasteiger partial charge in [0.05, 0.1) is 25.0 Å². The number of nitrogens with one attached hydrogen (secondary N) is 1. The minimum absolute atomic E-state index is 0.127. The summed E-state index contributed by atoms with van der Waals surface area (Å²) in [6.45, 7) is 0. The van der Waals surface area contributed by atoms with Gasteiger partial charge in [0.25, 0.3) is 0 Å². The zero-order valence-corrected chi connectivity index (χ0v) is 10.9. The number of rotatable bonds is 5. The van der Waals surface area contributed by atoms with Gasteiger partial charge >= 0.3 is 0 Å². The van der Waals surface area contributed by atoms with Crippen molar-refractivity contribution in [3.8, 4) is 5.75 Å². The molecule has 1 atom stereocenters. The van der Waals surface area contributed by atoms with Gasteiger partial charge in [-0.25, -0.2) is 0 Å². The Morgan fingerprint density at radius 3 is 2.89 bits per heavy atom. The van der Waals surface area contributed by atoms with Crippen LogP contribution in [0.1, 0.15) is 17.4 Å². The normalized spacial score (nSPS) is 12.4. The Hall–Kier alpha value is -1.88. The largest absolute Gasteiger partial charge is 0.493 e. The van der Waals surface area contributed by atoms with Crippen molar-refractivity contribution < 1.29 is 4.74 Å². The second-order valence-electron chi connectivity index (χ2n) is 4.09. The molecule has 2 aromatic rings. The van der Waals surface area contributed by atoms with Crippen molar-refractivity contribution in [3.05, 3.63) is 42.0 Å². The number of hydrogen-bond acceptors (Lipinski definition) is 4. The first-order valence-electron chi connectivity index (χ1n) is 5.89. The Morgan fingerprint density at radius 1 is 1.44 bits per heavy atom. The maximum atomic E-state index is 5.34. The zero-order chi connectivity index (χ0) is 13.0. The van der Waals surface area contributed by atoms with Crippen molar-refractivity contribution in [1.29, 1.82) is 0 Å². The third-order valence-corrected chi connectivity index (χ3v) is 2.99. The summed E-state index contributed by atoms with van der Waals surface area (Å²) in [4.78, 5) is 4.35. The molecule has 0 radical (unpaired) electrons. The van der Waals surface area contributed by atoms with E-state index in [-0.39, 0.29) is 6.04 Å². The molecule has 0 saturated carbocycles. The van der Waals surface area contributed by atoms with Crippen LogP contribution in [-0.2, 0) is 13.5 Å². The molecule has 0 fully saturated rings. The summed E-state index contributed by atoms with van der Waals surface area (Å²) in [6.07, 6.45) is 4.34. The lowest BCUT2D eigenvalue weighted by atomic mass is 10.1. The van der Waals surface area contributed by atoms with E-state index in [2.05, 4.69) is 15.4 Å². The number of ether oxygens (including phenoxy) is 1. The minimum Gasteiger partial charge on any atom is -0.493 e. The van der Waals surface area contributed by atoms with Crippen LogP contribution >= 0.6 is 0 Å². The molecule has 0 bridgehead atoms. The number of hydrogen-bond donors (Lipinski definition) is 1. The van der Waals surface area contributed by atoms with Crippen LogP contribution in [-0.4, -0.2) is 28.9 Å². The van der Waals surface area contributed by atoms with E-state index >= 15 is 0 Å². The number of likely N-dealkylation sites (N-methyl/N-ethyl adjacent to an activating group) is 1. The fourth-order valence-corrected chi connectivity index (χ4v) is 2.04. The monoisotopic (exact) mass is 246 g/mol. The van der Waals surface area contributed by atoms with E-state index < -0.39 is 0 Å². The van der Waals surface area contributed by atoms with Gasteiger partial charge in [-0.3, -0.25) is 9.67 Å². The van der Waals surface area contributed by atoms with E-state index in [1.807, 2.05) is 43.2 Å². The molecule has 1 N–H and O–H groups in total. The van der Waals surface area contributed by atoms with E-state index in [4.69, 9.17) is 4.74 Å². The van der Waals surface area contributed by atoms with Gasteiger partial charge in [-0.2, -0.15) is 5.10 Å². The third-order valence-electron chi connectivity index (χ3n) is 2.99. The molecule has 0 aliphatic carbocycles. The highest BCUT2D eigenvalue weighted by Gasteiger charge is 2.19. The molecule has 0 aliphatic rings. The highest BCUT2D eigenvalue weighted by atomic mass is 16.5. The molecule has 96 valence electrons. The molecule has 5 nitrogen and oxygen atoms in total. The number of methoxy groups -OCH3 is 1. The first-order valence-corrected chi connectivity index (χ1v) is 5.89. The number of aryl methyl sites for hydroxylation is 1. The molecule has 0 spiro atoms. The van der Waals surface area contributed by atoms with Crippen LogP contribution < -0.4 is 10.1 Å². The standard InChI is InChI=1S/C13H18N4O/c1-14-11(8-10-6-4-5-7-15-10)13-12(18-3)9-16-17(13)2/h4-7,9,11,14H,8H2,1-3H3. The maximum Gasteiger partial charge on any atom is 0.161 e. The predicted octanol–water partition coefficient (Wildman–Crippen LogP) is 1.33. The van der Waals surface area contributed by atoms with Crippen LogP contribution in [0.25, 0.3) is 0 Å². The first-order chi connectivity index (χ1) is 8.76. The molecule has 18 heavy (non-hydrogen) atoms. The van der Waals surface area contributed by atoms with Crippen LogP contribution in [0.3, 0.4) is 0 Å². The van der Waals surface area contributed by atoms with Gasteiger partial charge in [0.15, 0.2) is 5.75 Å². The summed E-state index contributed by atoms with van der Waals surface area (Å²) >= 11 is 0. The molecule has 2 heterocycles. The van der Waals surface area contributed by atoms with Gasteiger partial charge in [-0.05, 0) is 19.2 Å². The second kappa shape index (κ2) is 5.64. The Labute approximate surface area is 107 Å². The van der Waals surface area contributed by atoms with Crippen LogP contribution in [0.4, 0.5) is 0 Å². The average molecular weight is 246 g/mol. The quantitative estimate of drug-likeness (QED) is 0.864. The Bertz CT molecular complexity index is 495. The molecule has 0 aliphatic heterocycles. The lowest BCUT2D eigenvalue weighted by molar-refractivity contribution is 0.396. The van der Waals surface area contributed by atoms with E-state index in [0.717, 1.165) is 23.6 Å². The molecule has 2 aromatic heterocycles. The molecule has 2 rings (SSSR count). The number of pyridine rings is 1. The van der Waals surface area contributed by atoms with Gasteiger partial charge in [0.1, 0.15) is 0 Å². The second-order valence-corrected chi connectivity index (χ2v) is 4.09. The molecule has 0 saturated heterocycles. The summed E-state index contributed by atoms with van der Waals surface area (Å²) in [5.41, 5.74) is 2.07. The van der Waals surface area contributed by atoms with Crippen molar-refractivity contribution in [3.63, 3.8) is 0 Å².